The first kappa shape index (κ1) is 9.39. The van der Waals surface area contributed by atoms with E-state index in [2.05, 4.69) is 0 Å². The highest BCUT2D eigenvalue weighted by molar-refractivity contribution is 5.79. The van der Waals surface area contributed by atoms with Crippen molar-refractivity contribution >= 4 is 5.91 Å². The van der Waals surface area contributed by atoms with Crippen LogP contribution >= 0.6 is 0 Å². The number of carbonyl (C=O) groups excluding carboxylic acids is 1. The summed E-state index contributed by atoms with van der Waals surface area (Å²) in [5, 5.41) is 8.97. The van der Waals surface area contributed by atoms with Gasteiger partial charge in [-0.15, -0.1) is 0 Å². The van der Waals surface area contributed by atoms with Crippen molar-refractivity contribution in [3.8, 4) is 0 Å². The summed E-state index contributed by atoms with van der Waals surface area (Å²) < 4.78 is 0. The van der Waals surface area contributed by atoms with Crippen molar-refractivity contribution in [2.45, 2.75) is 26.0 Å². The van der Waals surface area contributed by atoms with Gasteiger partial charge in [-0.1, -0.05) is 13.8 Å². The number of hydrogen-bond acceptors (Lipinski definition) is 3. The number of nitrogens with two attached hydrogens (primary N) is 2. The number of primary amides is 1. The SMILES string of the molecule is CC(C)[C@H](N)C(O)C(N)=O. The number of carbonyl (C=O) groups is 1. The second-order valence-corrected chi connectivity index (χ2v) is 2.67. The average Bonchev–Trinajstić information content (AvgIpc) is 1.84. The van der Waals surface area contributed by atoms with Gasteiger partial charge in [0.05, 0.1) is 0 Å². The Kier molecular flexibility index (Phi) is 3.32. The highest BCUT2D eigenvalue weighted by Crippen LogP contribution is 2.02. The molecule has 0 aromatic heterocycles. The quantitative estimate of drug-likeness (QED) is 0.468. The van der Waals surface area contributed by atoms with E-state index in [1.807, 2.05) is 13.8 Å². The first-order valence-electron chi connectivity index (χ1n) is 3.19. The molecule has 0 rings (SSSR count). The van der Waals surface area contributed by atoms with Crippen molar-refractivity contribution < 1.29 is 9.90 Å². The van der Waals surface area contributed by atoms with Gasteiger partial charge in [0, 0.05) is 6.04 Å². The zero-order valence-electron chi connectivity index (χ0n) is 6.24. The van der Waals surface area contributed by atoms with E-state index in [4.69, 9.17) is 16.6 Å². The third-order valence-electron chi connectivity index (χ3n) is 1.43. The number of aliphatic hydroxyl groups excluding tert-OH is 1. The van der Waals surface area contributed by atoms with Crippen LogP contribution in [0, 0.1) is 5.92 Å². The molecular formula is C6H14N2O2. The van der Waals surface area contributed by atoms with E-state index in [1.54, 1.807) is 0 Å². The normalized spacial score (nSPS) is 16.9. The third-order valence-corrected chi connectivity index (χ3v) is 1.43. The van der Waals surface area contributed by atoms with Crippen molar-refractivity contribution in [1.82, 2.24) is 0 Å². The zero-order valence-corrected chi connectivity index (χ0v) is 6.24. The minimum absolute atomic E-state index is 0.0579. The Hall–Kier alpha value is -0.610. The molecule has 0 bridgehead atoms. The molecule has 0 fully saturated rings. The number of aliphatic hydroxyl groups is 1. The summed E-state index contributed by atoms with van der Waals surface area (Å²) >= 11 is 0. The molecule has 10 heavy (non-hydrogen) atoms. The smallest absolute Gasteiger partial charge is 0.247 e. The highest BCUT2D eigenvalue weighted by atomic mass is 16.3. The average molecular weight is 146 g/mol. The van der Waals surface area contributed by atoms with E-state index in [0.29, 0.717) is 0 Å². The molecule has 0 spiro atoms. The van der Waals surface area contributed by atoms with Gasteiger partial charge in [0.1, 0.15) is 6.10 Å². The van der Waals surface area contributed by atoms with Gasteiger partial charge in [-0.3, -0.25) is 4.79 Å². The minimum atomic E-state index is -1.22. The molecule has 0 saturated heterocycles. The lowest BCUT2D eigenvalue weighted by Crippen LogP contribution is -2.46. The van der Waals surface area contributed by atoms with Crippen molar-refractivity contribution in [1.29, 1.82) is 0 Å². The fraction of sp³-hybridized carbons (Fsp3) is 0.833. The highest BCUT2D eigenvalue weighted by Gasteiger charge is 2.22. The summed E-state index contributed by atoms with van der Waals surface area (Å²) in [6.07, 6.45) is -1.22. The van der Waals surface area contributed by atoms with Gasteiger partial charge in [0.15, 0.2) is 0 Å². The Morgan fingerprint density at radius 2 is 1.90 bits per heavy atom. The molecule has 1 amide bonds. The fourth-order valence-electron chi connectivity index (χ4n) is 0.554. The van der Waals surface area contributed by atoms with E-state index in [9.17, 15) is 4.79 Å². The second kappa shape index (κ2) is 3.53. The van der Waals surface area contributed by atoms with Gasteiger partial charge in [0.25, 0.3) is 0 Å². The Labute approximate surface area is 60.2 Å². The predicted molar refractivity (Wildman–Crippen MR) is 38.0 cm³/mol. The van der Waals surface area contributed by atoms with Crippen LogP contribution in [0.1, 0.15) is 13.8 Å². The Morgan fingerprint density at radius 3 is 2.00 bits per heavy atom. The number of hydrogen-bond donors (Lipinski definition) is 3. The standard InChI is InChI=1S/C6H14N2O2/c1-3(2)4(7)5(9)6(8)10/h3-5,9H,7H2,1-2H3,(H2,8,10)/t4-,5?/m0/s1. The van der Waals surface area contributed by atoms with E-state index in [1.165, 1.54) is 0 Å². The Bertz CT molecular complexity index is 125. The van der Waals surface area contributed by atoms with Gasteiger partial charge in [-0.25, -0.2) is 0 Å². The molecule has 4 heteroatoms. The van der Waals surface area contributed by atoms with Crippen molar-refractivity contribution in [2.75, 3.05) is 0 Å². The maximum Gasteiger partial charge on any atom is 0.247 e. The third kappa shape index (κ3) is 2.33. The maximum atomic E-state index is 10.3. The maximum absolute atomic E-state index is 10.3. The van der Waals surface area contributed by atoms with E-state index in [-0.39, 0.29) is 5.92 Å². The van der Waals surface area contributed by atoms with Gasteiger partial charge in [0.2, 0.25) is 5.91 Å². The molecule has 60 valence electrons. The monoisotopic (exact) mass is 146 g/mol. The van der Waals surface area contributed by atoms with Crippen LogP contribution in [-0.4, -0.2) is 23.2 Å². The Morgan fingerprint density at radius 1 is 1.50 bits per heavy atom. The van der Waals surface area contributed by atoms with Crippen LogP contribution in [0.3, 0.4) is 0 Å². The first-order chi connectivity index (χ1) is 4.46. The van der Waals surface area contributed by atoms with E-state index in [0.717, 1.165) is 0 Å². The molecule has 0 aliphatic heterocycles. The van der Waals surface area contributed by atoms with Crippen LogP contribution in [-0.2, 0) is 4.79 Å². The van der Waals surface area contributed by atoms with Crippen LogP contribution in [0.4, 0.5) is 0 Å². The summed E-state index contributed by atoms with van der Waals surface area (Å²) in [4.78, 5) is 10.3. The van der Waals surface area contributed by atoms with Gasteiger partial charge in [-0.2, -0.15) is 0 Å². The van der Waals surface area contributed by atoms with Gasteiger partial charge in [-0.05, 0) is 5.92 Å². The molecule has 0 aliphatic carbocycles. The van der Waals surface area contributed by atoms with E-state index >= 15 is 0 Å². The largest absolute Gasteiger partial charge is 0.382 e. The van der Waals surface area contributed by atoms with Crippen molar-refractivity contribution in [3.05, 3.63) is 0 Å². The second-order valence-electron chi connectivity index (χ2n) is 2.67. The summed E-state index contributed by atoms with van der Waals surface area (Å²) in [6, 6.07) is -0.558. The fourth-order valence-corrected chi connectivity index (χ4v) is 0.554. The molecular weight excluding hydrogens is 132 g/mol. The van der Waals surface area contributed by atoms with Gasteiger partial charge < -0.3 is 16.6 Å². The Balaban J connectivity index is 3.94. The lowest BCUT2D eigenvalue weighted by Gasteiger charge is -2.18. The van der Waals surface area contributed by atoms with Crippen LogP contribution in [0.15, 0.2) is 0 Å². The molecule has 0 heterocycles. The molecule has 0 saturated carbocycles. The van der Waals surface area contributed by atoms with Gasteiger partial charge >= 0.3 is 0 Å². The van der Waals surface area contributed by atoms with Crippen LogP contribution < -0.4 is 11.5 Å². The summed E-state index contributed by atoms with van der Waals surface area (Å²) in [5.74, 6) is -0.705. The molecule has 5 N–H and O–H groups in total. The molecule has 0 aliphatic rings. The predicted octanol–water partition coefficient (Wildman–Crippen LogP) is -1.18. The topological polar surface area (TPSA) is 89.3 Å². The van der Waals surface area contributed by atoms with Crippen molar-refractivity contribution in [2.24, 2.45) is 17.4 Å². The summed E-state index contributed by atoms with van der Waals surface area (Å²) in [7, 11) is 0. The summed E-state index contributed by atoms with van der Waals surface area (Å²) in [5.41, 5.74) is 10.2. The lowest BCUT2D eigenvalue weighted by atomic mass is 9.99. The molecule has 0 aromatic carbocycles. The molecule has 1 unspecified atom stereocenters. The number of rotatable bonds is 3. The summed E-state index contributed by atoms with van der Waals surface area (Å²) in [6.45, 7) is 3.63. The van der Waals surface area contributed by atoms with Crippen LogP contribution in [0.2, 0.25) is 0 Å². The minimum Gasteiger partial charge on any atom is -0.382 e. The van der Waals surface area contributed by atoms with E-state index < -0.39 is 18.1 Å². The molecule has 4 nitrogen and oxygen atoms in total. The van der Waals surface area contributed by atoms with Crippen LogP contribution in [0.25, 0.3) is 0 Å². The molecule has 0 aromatic rings. The van der Waals surface area contributed by atoms with Crippen molar-refractivity contribution in [3.63, 3.8) is 0 Å². The molecule has 2 atom stereocenters. The number of amides is 1. The molecule has 0 radical (unpaired) electrons. The zero-order chi connectivity index (χ0) is 8.31. The van der Waals surface area contributed by atoms with Crippen LogP contribution in [0.5, 0.6) is 0 Å². The first-order valence-corrected chi connectivity index (χ1v) is 3.19. The lowest BCUT2D eigenvalue weighted by molar-refractivity contribution is -0.127.